The predicted octanol–water partition coefficient (Wildman–Crippen LogP) is 6.26. The molecule has 0 fully saturated rings. The Morgan fingerprint density at radius 2 is 1.83 bits per heavy atom. The van der Waals surface area contributed by atoms with Crippen LogP contribution in [0.2, 0.25) is 0 Å². The van der Waals surface area contributed by atoms with E-state index in [1.54, 1.807) is 23.8 Å². The van der Waals surface area contributed by atoms with Crippen LogP contribution in [0.1, 0.15) is 22.8 Å². The van der Waals surface area contributed by atoms with Crippen LogP contribution in [-0.4, -0.2) is 23.8 Å². The summed E-state index contributed by atoms with van der Waals surface area (Å²) in [6.45, 7) is 2.58. The first-order valence-electron chi connectivity index (χ1n) is 9.71. The number of ether oxygens (including phenoxy) is 1. The molecular weight excluding hydrogens is 412 g/mol. The molecule has 0 saturated heterocycles. The van der Waals surface area contributed by atoms with Crippen LogP contribution in [-0.2, 0) is 6.54 Å². The molecule has 0 radical (unpaired) electrons. The first-order valence-corrected chi connectivity index (χ1v) is 11.5. The van der Waals surface area contributed by atoms with E-state index in [0.29, 0.717) is 17.2 Å². The number of thiazole rings is 1. The Morgan fingerprint density at radius 1 is 1.07 bits per heavy atom. The maximum absolute atomic E-state index is 13.5. The average molecular weight is 435 g/mol. The van der Waals surface area contributed by atoms with Crippen molar-refractivity contribution in [2.24, 2.45) is 0 Å². The summed E-state index contributed by atoms with van der Waals surface area (Å²) in [6, 6.07) is 23.6. The second-order valence-electron chi connectivity index (χ2n) is 6.66. The van der Waals surface area contributed by atoms with E-state index in [4.69, 9.17) is 9.72 Å². The number of anilines is 1. The number of rotatable bonds is 7. The highest BCUT2D eigenvalue weighted by Crippen LogP contribution is 2.33. The molecular formula is C24H22N2O2S2. The molecule has 0 aliphatic rings. The van der Waals surface area contributed by atoms with Crippen molar-refractivity contribution in [2.45, 2.75) is 18.4 Å². The van der Waals surface area contributed by atoms with E-state index in [1.807, 2.05) is 72.8 Å². The highest BCUT2D eigenvalue weighted by Gasteiger charge is 2.22. The van der Waals surface area contributed by atoms with Crippen LogP contribution in [0.25, 0.3) is 10.2 Å². The van der Waals surface area contributed by atoms with Crippen molar-refractivity contribution >= 4 is 44.4 Å². The lowest BCUT2D eigenvalue weighted by Gasteiger charge is -2.20. The summed E-state index contributed by atoms with van der Waals surface area (Å²) in [4.78, 5) is 21.1. The van der Waals surface area contributed by atoms with E-state index in [9.17, 15) is 4.79 Å². The van der Waals surface area contributed by atoms with Crippen molar-refractivity contribution in [3.8, 4) is 5.75 Å². The van der Waals surface area contributed by atoms with E-state index >= 15 is 0 Å². The van der Waals surface area contributed by atoms with Crippen LogP contribution >= 0.6 is 23.1 Å². The first-order chi connectivity index (χ1) is 14.7. The standard InChI is InChI=1S/C24H22N2O2S2/c1-3-29-20-12-9-18(10-13-20)23(27)26(16-17-7-5-4-6-8-17)24-25-21-14-11-19(28-2)15-22(21)30-24/h4-15H,3,16H2,1-2H3. The van der Waals surface area contributed by atoms with Gasteiger partial charge in [0, 0.05) is 10.5 Å². The van der Waals surface area contributed by atoms with Crippen molar-refractivity contribution < 1.29 is 9.53 Å². The average Bonchev–Trinajstić information content (AvgIpc) is 3.21. The number of carbonyl (C=O) groups is 1. The molecule has 4 aromatic rings. The molecule has 30 heavy (non-hydrogen) atoms. The number of amides is 1. The molecule has 0 aliphatic heterocycles. The SMILES string of the molecule is CCSc1ccc(C(=O)N(Cc2ccccc2)c2nc3ccc(OC)cc3s2)cc1. The van der Waals surface area contributed by atoms with Crippen molar-refractivity contribution in [2.75, 3.05) is 17.8 Å². The largest absolute Gasteiger partial charge is 0.497 e. The van der Waals surface area contributed by atoms with Crippen LogP contribution in [0.4, 0.5) is 5.13 Å². The zero-order chi connectivity index (χ0) is 20.9. The van der Waals surface area contributed by atoms with E-state index in [2.05, 4.69) is 6.92 Å². The van der Waals surface area contributed by atoms with Crippen molar-refractivity contribution in [3.63, 3.8) is 0 Å². The summed E-state index contributed by atoms with van der Waals surface area (Å²) in [5, 5.41) is 0.680. The van der Waals surface area contributed by atoms with Crippen molar-refractivity contribution in [3.05, 3.63) is 83.9 Å². The van der Waals surface area contributed by atoms with Crippen LogP contribution in [0, 0.1) is 0 Å². The Bertz CT molecular complexity index is 1140. The van der Waals surface area contributed by atoms with Gasteiger partial charge in [0.05, 0.1) is 23.9 Å². The Labute approximate surface area is 184 Å². The minimum atomic E-state index is -0.0575. The lowest BCUT2D eigenvalue weighted by atomic mass is 10.1. The molecule has 0 atom stereocenters. The van der Waals surface area contributed by atoms with Gasteiger partial charge in [-0.25, -0.2) is 4.98 Å². The van der Waals surface area contributed by atoms with Gasteiger partial charge in [-0.2, -0.15) is 0 Å². The van der Waals surface area contributed by atoms with E-state index in [1.165, 1.54) is 11.3 Å². The quantitative estimate of drug-likeness (QED) is 0.322. The number of methoxy groups -OCH3 is 1. The molecule has 3 aromatic carbocycles. The van der Waals surface area contributed by atoms with Gasteiger partial charge in [0.15, 0.2) is 5.13 Å². The van der Waals surface area contributed by atoms with Crippen LogP contribution < -0.4 is 9.64 Å². The second kappa shape index (κ2) is 9.32. The number of thioether (sulfide) groups is 1. The zero-order valence-electron chi connectivity index (χ0n) is 16.9. The molecule has 152 valence electrons. The number of benzene rings is 3. The molecule has 0 unspecified atom stereocenters. The Balaban J connectivity index is 1.71. The summed E-state index contributed by atoms with van der Waals surface area (Å²) in [5.74, 6) is 1.73. The smallest absolute Gasteiger partial charge is 0.260 e. The molecule has 1 amide bonds. The number of hydrogen-bond acceptors (Lipinski definition) is 5. The molecule has 0 bridgehead atoms. The maximum Gasteiger partial charge on any atom is 0.260 e. The molecule has 4 nitrogen and oxygen atoms in total. The fourth-order valence-corrected chi connectivity index (χ4v) is 4.80. The van der Waals surface area contributed by atoms with Crippen molar-refractivity contribution in [1.82, 2.24) is 4.98 Å². The van der Waals surface area contributed by atoms with Gasteiger partial charge in [-0.05, 0) is 53.8 Å². The normalized spacial score (nSPS) is 10.9. The lowest BCUT2D eigenvalue weighted by Crippen LogP contribution is -2.30. The lowest BCUT2D eigenvalue weighted by molar-refractivity contribution is 0.0985. The summed E-state index contributed by atoms with van der Waals surface area (Å²) in [7, 11) is 1.65. The van der Waals surface area contributed by atoms with Crippen LogP contribution in [0.15, 0.2) is 77.7 Å². The monoisotopic (exact) mass is 434 g/mol. The van der Waals surface area contributed by atoms with Gasteiger partial charge in [0.2, 0.25) is 0 Å². The Hall–Kier alpha value is -2.83. The van der Waals surface area contributed by atoms with E-state index in [-0.39, 0.29) is 5.91 Å². The van der Waals surface area contributed by atoms with E-state index in [0.717, 1.165) is 32.2 Å². The fourth-order valence-electron chi connectivity index (χ4n) is 3.14. The topological polar surface area (TPSA) is 42.4 Å². The summed E-state index contributed by atoms with van der Waals surface area (Å²) >= 11 is 3.26. The second-order valence-corrected chi connectivity index (χ2v) is 9.01. The molecule has 0 N–H and O–H groups in total. The number of fused-ring (bicyclic) bond motifs is 1. The number of carbonyl (C=O) groups excluding carboxylic acids is 1. The van der Waals surface area contributed by atoms with Gasteiger partial charge < -0.3 is 4.74 Å². The minimum Gasteiger partial charge on any atom is -0.497 e. The highest BCUT2D eigenvalue weighted by molar-refractivity contribution is 7.99. The summed E-state index contributed by atoms with van der Waals surface area (Å²) in [6.07, 6.45) is 0. The van der Waals surface area contributed by atoms with Crippen LogP contribution in [0.3, 0.4) is 0 Å². The van der Waals surface area contributed by atoms with Gasteiger partial charge in [0.25, 0.3) is 5.91 Å². The Morgan fingerprint density at radius 3 is 2.53 bits per heavy atom. The summed E-state index contributed by atoms with van der Waals surface area (Å²) in [5.41, 5.74) is 2.57. The van der Waals surface area contributed by atoms with Gasteiger partial charge >= 0.3 is 0 Å². The third-order valence-corrected chi connectivity index (χ3v) is 6.59. The number of nitrogens with zero attached hydrogens (tertiary/aromatic N) is 2. The Kier molecular flexibility index (Phi) is 6.35. The van der Waals surface area contributed by atoms with Gasteiger partial charge in [-0.3, -0.25) is 9.69 Å². The third-order valence-electron chi connectivity index (χ3n) is 4.66. The zero-order valence-corrected chi connectivity index (χ0v) is 18.5. The third kappa shape index (κ3) is 4.50. The molecule has 1 heterocycles. The van der Waals surface area contributed by atoms with Crippen molar-refractivity contribution in [1.29, 1.82) is 0 Å². The molecule has 4 rings (SSSR count). The molecule has 6 heteroatoms. The molecule has 0 spiro atoms. The predicted molar refractivity (Wildman–Crippen MR) is 126 cm³/mol. The van der Waals surface area contributed by atoms with E-state index < -0.39 is 0 Å². The molecule has 1 aromatic heterocycles. The number of aromatic nitrogens is 1. The van der Waals surface area contributed by atoms with Gasteiger partial charge in [0.1, 0.15) is 5.75 Å². The van der Waals surface area contributed by atoms with Crippen LogP contribution in [0.5, 0.6) is 5.75 Å². The van der Waals surface area contributed by atoms with Gasteiger partial charge in [-0.15, -0.1) is 11.8 Å². The highest BCUT2D eigenvalue weighted by atomic mass is 32.2. The fraction of sp³-hybridized carbons (Fsp3) is 0.167. The maximum atomic E-state index is 13.5. The minimum absolute atomic E-state index is 0.0575. The van der Waals surface area contributed by atoms with Gasteiger partial charge in [-0.1, -0.05) is 48.6 Å². The first kappa shape index (κ1) is 20.4. The summed E-state index contributed by atoms with van der Waals surface area (Å²) < 4.78 is 6.32. The molecule has 0 aliphatic carbocycles. The molecule has 0 saturated carbocycles. The number of hydrogen-bond donors (Lipinski definition) is 0.